The molecule has 0 N–H and O–H groups in total. The average Bonchev–Trinajstić information content (AvgIpc) is 2.52. The van der Waals surface area contributed by atoms with Gasteiger partial charge in [-0.2, -0.15) is 8.78 Å². The number of piperidine rings is 1. The number of alkyl halides is 2. The van der Waals surface area contributed by atoms with Crippen LogP contribution in [0.1, 0.15) is 36.0 Å². The number of para-hydroxylation sites is 1. The van der Waals surface area contributed by atoms with E-state index >= 15 is 0 Å². The molecule has 1 heterocycles. The lowest BCUT2D eigenvalue weighted by Gasteiger charge is -2.36. The molecule has 0 spiro atoms. The van der Waals surface area contributed by atoms with Crippen molar-refractivity contribution in [2.45, 2.75) is 38.3 Å². The summed E-state index contributed by atoms with van der Waals surface area (Å²) >= 11 is 0. The number of halogens is 2. The Kier molecular flexibility index (Phi) is 6.33. The van der Waals surface area contributed by atoms with E-state index in [1.807, 2.05) is 19.0 Å². The quantitative estimate of drug-likeness (QED) is 0.804. The van der Waals surface area contributed by atoms with Crippen molar-refractivity contribution in [3.8, 4) is 5.75 Å². The number of benzene rings is 1. The minimum atomic E-state index is -2.94. The molecule has 0 aliphatic carbocycles. The van der Waals surface area contributed by atoms with Gasteiger partial charge in [-0.3, -0.25) is 4.79 Å². The molecule has 0 bridgehead atoms. The molecule has 0 unspecified atom stereocenters. The highest BCUT2D eigenvalue weighted by Crippen LogP contribution is 2.27. The van der Waals surface area contributed by atoms with Crippen molar-refractivity contribution in [2.24, 2.45) is 0 Å². The van der Waals surface area contributed by atoms with Crippen molar-refractivity contribution in [3.05, 3.63) is 29.8 Å². The molecule has 1 aromatic carbocycles. The van der Waals surface area contributed by atoms with Gasteiger partial charge in [-0.25, -0.2) is 0 Å². The molecule has 6 heteroatoms. The summed E-state index contributed by atoms with van der Waals surface area (Å²) in [4.78, 5) is 16.8. The molecular formula is C17H24F2N2O2. The smallest absolute Gasteiger partial charge is 0.387 e. The first kappa shape index (κ1) is 17.7. The van der Waals surface area contributed by atoms with Crippen molar-refractivity contribution < 1.29 is 18.3 Å². The third-order valence-electron chi connectivity index (χ3n) is 4.13. The number of hydrogen-bond acceptors (Lipinski definition) is 3. The van der Waals surface area contributed by atoms with E-state index in [9.17, 15) is 13.6 Å². The number of carbonyl (C=O) groups is 1. The van der Waals surface area contributed by atoms with Crippen LogP contribution in [0.25, 0.3) is 0 Å². The van der Waals surface area contributed by atoms with Gasteiger partial charge in [0.05, 0.1) is 5.56 Å². The fourth-order valence-corrected chi connectivity index (χ4v) is 2.97. The third kappa shape index (κ3) is 4.89. The summed E-state index contributed by atoms with van der Waals surface area (Å²) in [5, 5.41) is 0. The Hall–Kier alpha value is -1.69. The first-order chi connectivity index (χ1) is 11.0. The van der Waals surface area contributed by atoms with E-state index in [1.54, 1.807) is 18.2 Å². The predicted molar refractivity (Wildman–Crippen MR) is 84.9 cm³/mol. The van der Waals surface area contributed by atoms with Crippen molar-refractivity contribution in [2.75, 3.05) is 27.2 Å². The summed E-state index contributed by atoms with van der Waals surface area (Å²) in [6, 6.07) is 6.38. The molecule has 0 radical (unpaired) electrons. The van der Waals surface area contributed by atoms with E-state index in [2.05, 4.69) is 9.64 Å². The molecule has 1 aliphatic rings. The SMILES string of the molecule is CN(C)CC[C@@H]1CCCCN1C(=O)c1ccccc1OC(F)F. The Morgan fingerprint density at radius 1 is 1.35 bits per heavy atom. The van der Waals surface area contributed by atoms with Crippen LogP contribution in [0.5, 0.6) is 5.75 Å². The second-order valence-corrected chi connectivity index (χ2v) is 6.11. The van der Waals surface area contributed by atoms with E-state index in [4.69, 9.17) is 0 Å². The van der Waals surface area contributed by atoms with E-state index < -0.39 is 6.61 Å². The molecule has 1 saturated heterocycles. The molecular weight excluding hydrogens is 302 g/mol. The van der Waals surface area contributed by atoms with Crippen LogP contribution in [-0.2, 0) is 0 Å². The fourth-order valence-electron chi connectivity index (χ4n) is 2.97. The highest BCUT2D eigenvalue weighted by atomic mass is 19.3. The Morgan fingerprint density at radius 2 is 2.09 bits per heavy atom. The van der Waals surface area contributed by atoms with Crippen molar-refractivity contribution >= 4 is 5.91 Å². The zero-order valence-electron chi connectivity index (χ0n) is 13.7. The monoisotopic (exact) mass is 326 g/mol. The molecule has 1 fully saturated rings. The van der Waals surface area contributed by atoms with Crippen LogP contribution in [0.2, 0.25) is 0 Å². The van der Waals surface area contributed by atoms with Crippen LogP contribution >= 0.6 is 0 Å². The lowest BCUT2D eigenvalue weighted by molar-refractivity contribution is -0.0503. The lowest BCUT2D eigenvalue weighted by Crippen LogP contribution is -2.45. The van der Waals surface area contributed by atoms with Gasteiger partial charge in [0, 0.05) is 12.6 Å². The number of likely N-dealkylation sites (tertiary alicyclic amines) is 1. The number of ether oxygens (including phenoxy) is 1. The normalized spacial score (nSPS) is 18.5. The molecule has 2 rings (SSSR count). The summed E-state index contributed by atoms with van der Waals surface area (Å²) in [6.07, 6.45) is 3.88. The van der Waals surface area contributed by atoms with Gasteiger partial charge in [0.25, 0.3) is 5.91 Å². The van der Waals surface area contributed by atoms with E-state index in [-0.39, 0.29) is 23.3 Å². The summed E-state index contributed by atoms with van der Waals surface area (Å²) < 4.78 is 29.6. The van der Waals surface area contributed by atoms with Crippen LogP contribution in [0.15, 0.2) is 24.3 Å². The van der Waals surface area contributed by atoms with Crippen LogP contribution in [-0.4, -0.2) is 55.5 Å². The lowest BCUT2D eigenvalue weighted by atomic mass is 9.98. The minimum absolute atomic E-state index is 0.0515. The number of rotatable bonds is 6. The Balaban J connectivity index is 2.16. The van der Waals surface area contributed by atoms with Gasteiger partial charge in [-0.15, -0.1) is 0 Å². The molecule has 0 saturated carbocycles. The summed E-state index contributed by atoms with van der Waals surface area (Å²) in [5.74, 6) is -0.269. The van der Waals surface area contributed by atoms with Crippen LogP contribution in [0, 0.1) is 0 Å². The predicted octanol–water partition coefficient (Wildman–Crippen LogP) is 3.23. The van der Waals surface area contributed by atoms with Crippen molar-refractivity contribution in [3.63, 3.8) is 0 Å². The molecule has 1 aliphatic heterocycles. The standard InChI is InChI=1S/C17H24F2N2O2/c1-20(2)12-10-13-7-5-6-11-21(13)16(22)14-8-3-4-9-15(14)23-17(18)19/h3-4,8-9,13,17H,5-7,10-12H2,1-2H3/t13-/m0/s1. The van der Waals surface area contributed by atoms with Crippen LogP contribution in [0.3, 0.4) is 0 Å². The number of carbonyl (C=O) groups excluding carboxylic acids is 1. The summed E-state index contributed by atoms with van der Waals surface area (Å²) in [7, 11) is 4.00. The number of amides is 1. The molecule has 1 amide bonds. The Bertz CT molecular complexity index is 523. The third-order valence-corrected chi connectivity index (χ3v) is 4.13. The maximum Gasteiger partial charge on any atom is 0.387 e. The molecule has 4 nitrogen and oxygen atoms in total. The van der Waals surface area contributed by atoms with Crippen LogP contribution in [0.4, 0.5) is 8.78 Å². The Morgan fingerprint density at radius 3 is 2.78 bits per heavy atom. The number of nitrogens with zero attached hydrogens (tertiary/aromatic N) is 2. The van der Waals surface area contributed by atoms with Crippen molar-refractivity contribution in [1.82, 2.24) is 9.80 Å². The second kappa shape index (κ2) is 8.24. The maximum atomic E-state index is 12.8. The fraction of sp³-hybridized carbons (Fsp3) is 0.588. The Labute approximate surface area is 136 Å². The largest absolute Gasteiger partial charge is 0.434 e. The average molecular weight is 326 g/mol. The summed E-state index contributed by atoms with van der Waals surface area (Å²) in [6.45, 7) is -1.38. The first-order valence-electron chi connectivity index (χ1n) is 7.98. The zero-order chi connectivity index (χ0) is 16.8. The van der Waals surface area contributed by atoms with Crippen LogP contribution < -0.4 is 4.74 Å². The second-order valence-electron chi connectivity index (χ2n) is 6.11. The van der Waals surface area contributed by atoms with Gasteiger partial charge in [0.15, 0.2) is 0 Å². The maximum absolute atomic E-state index is 12.8. The topological polar surface area (TPSA) is 32.8 Å². The molecule has 1 aromatic rings. The zero-order valence-corrected chi connectivity index (χ0v) is 13.7. The van der Waals surface area contributed by atoms with Gasteiger partial charge in [0.1, 0.15) is 5.75 Å². The van der Waals surface area contributed by atoms with E-state index in [1.165, 1.54) is 6.07 Å². The first-order valence-corrected chi connectivity index (χ1v) is 7.98. The summed E-state index contributed by atoms with van der Waals surface area (Å²) in [5.41, 5.74) is 0.213. The number of hydrogen-bond donors (Lipinski definition) is 0. The van der Waals surface area contributed by atoms with E-state index in [0.29, 0.717) is 6.54 Å². The minimum Gasteiger partial charge on any atom is -0.434 e. The van der Waals surface area contributed by atoms with Gasteiger partial charge in [-0.05, 0) is 58.5 Å². The highest BCUT2D eigenvalue weighted by molar-refractivity contribution is 5.97. The molecule has 0 aromatic heterocycles. The van der Waals surface area contributed by atoms with Crippen molar-refractivity contribution in [1.29, 1.82) is 0 Å². The van der Waals surface area contributed by atoms with Gasteiger partial charge >= 0.3 is 6.61 Å². The molecule has 1 atom stereocenters. The molecule has 128 valence electrons. The van der Waals surface area contributed by atoms with E-state index in [0.717, 1.165) is 32.2 Å². The van der Waals surface area contributed by atoms with Gasteiger partial charge < -0.3 is 14.5 Å². The highest BCUT2D eigenvalue weighted by Gasteiger charge is 2.29. The molecule has 23 heavy (non-hydrogen) atoms. The van der Waals surface area contributed by atoms with Gasteiger partial charge in [-0.1, -0.05) is 12.1 Å². The van der Waals surface area contributed by atoms with Gasteiger partial charge in [0.2, 0.25) is 0 Å².